The Labute approximate surface area is 171 Å². The highest BCUT2D eigenvalue weighted by molar-refractivity contribution is 14.0. The van der Waals surface area contributed by atoms with E-state index in [0.29, 0.717) is 6.04 Å². The van der Waals surface area contributed by atoms with Gasteiger partial charge in [-0.25, -0.2) is 0 Å². The SMILES string of the molecule is CCNC(=NCC1(N(C)C)CCOCC1)NCC1CCCN1CC.I. The van der Waals surface area contributed by atoms with Crippen LogP contribution < -0.4 is 10.6 Å². The van der Waals surface area contributed by atoms with Crippen LogP contribution in [0.3, 0.4) is 0 Å². The van der Waals surface area contributed by atoms with Crippen LogP contribution in [0, 0.1) is 0 Å². The second-order valence-corrected chi connectivity index (χ2v) is 7.23. The van der Waals surface area contributed by atoms with Gasteiger partial charge in [-0.1, -0.05) is 6.92 Å². The molecule has 0 amide bonds. The van der Waals surface area contributed by atoms with Crippen molar-refractivity contribution in [2.75, 3.05) is 60.0 Å². The Morgan fingerprint density at radius 3 is 2.56 bits per heavy atom. The van der Waals surface area contributed by atoms with Crippen molar-refractivity contribution in [1.82, 2.24) is 20.4 Å². The van der Waals surface area contributed by atoms with Gasteiger partial charge in [-0.15, -0.1) is 24.0 Å². The molecule has 6 nitrogen and oxygen atoms in total. The molecule has 2 aliphatic heterocycles. The van der Waals surface area contributed by atoms with Crippen molar-refractivity contribution in [3.8, 4) is 0 Å². The van der Waals surface area contributed by atoms with E-state index in [9.17, 15) is 0 Å². The van der Waals surface area contributed by atoms with Gasteiger partial charge in [0.1, 0.15) is 0 Å². The molecule has 0 aromatic rings. The molecule has 0 bridgehead atoms. The van der Waals surface area contributed by atoms with E-state index in [1.807, 2.05) is 0 Å². The number of rotatable bonds is 7. The molecule has 0 aliphatic carbocycles. The number of nitrogens with one attached hydrogen (secondary N) is 2. The topological polar surface area (TPSA) is 52.1 Å². The lowest BCUT2D eigenvalue weighted by Gasteiger charge is -2.41. The van der Waals surface area contributed by atoms with Crippen LogP contribution in [-0.2, 0) is 4.74 Å². The molecule has 2 rings (SSSR count). The number of likely N-dealkylation sites (N-methyl/N-ethyl adjacent to an activating group) is 2. The minimum absolute atomic E-state index is 0. The third-order valence-corrected chi connectivity index (χ3v) is 5.66. The summed E-state index contributed by atoms with van der Waals surface area (Å²) in [6, 6.07) is 0.643. The van der Waals surface area contributed by atoms with E-state index in [2.05, 4.69) is 48.4 Å². The molecule has 1 unspecified atom stereocenters. The second kappa shape index (κ2) is 11.6. The van der Waals surface area contributed by atoms with E-state index in [-0.39, 0.29) is 29.5 Å². The molecule has 0 radical (unpaired) electrons. The quantitative estimate of drug-likeness (QED) is 0.340. The highest BCUT2D eigenvalue weighted by Gasteiger charge is 2.34. The molecule has 1 atom stereocenters. The lowest BCUT2D eigenvalue weighted by molar-refractivity contribution is -0.00255. The maximum absolute atomic E-state index is 5.56. The molecule has 0 aromatic carbocycles. The molecule has 2 heterocycles. The Balaban J connectivity index is 0.00000312. The Kier molecular flexibility index (Phi) is 10.6. The van der Waals surface area contributed by atoms with Crippen LogP contribution in [0.1, 0.15) is 39.5 Å². The average Bonchev–Trinajstić information content (AvgIpc) is 3.05. The largest absolute Gasteiger partial charge is 0.381 e. The van der Waals surface area contributed by atoms with Gasteiger partial charge in [0.15, 0.2) is 5.96 Å². The minimum Gasteiger partial charge on any atom is -0.381 e. The van der Waals surface area contributed by atoms with Gasteiger partial charge < -0.3 is 20.3 Å². The minimum atomic E-state index is 0. The molecular weight excluding hydrogens is 429 g/mol. The maximum Gasteiger partial charge on any atom is 0.191 e. The van der Waals surface area contributed by atoms with Gasteiger partial charge in [0.05, 0.1) is 6.54 Å². The fourth-order valence-corrected chi connectivity index (χ4v) is 3.82. The summed E-state index contributed by atoms with van der Waals surface area (Å²) in [5.41, 5.74) is 0.128. The number of ether oxygens (including phenoxy) is 1. The van der Waals surface area contributed by atoms with E-state index in [1.54, 1.807) is 0 Å². The van der Waals surface area contributed by atoms with Gasteiger partial charge in [-0.05, 0) is 59.8 Å². The van der Waals surface area contributed by atoms with Crippen LogP contribution in [0.5, 0.6) is 0 Å². The third kappa shape index (κ3) is 6.52. The Hall–Kier alpha value is -0.120. The van der Waals surface area contributed by atoms with Crippen molar-refractivity contribution >= 4 is 29.9 Å². The summed E-state index contributed by atoms with van der Waals surface area (Å²) in [5.74, 6) is 0.952. The second-order valence-electron chi connectivity index (χ2n) is 7.23. The highest BCUT2D eigenvalue weighted by atomic mass is 127. The number of hydrogen-bond acceptors (Lipinski definition) is 4. The molecule has 2 saturated heterocycles. The van der Waals surface area contributed by atoms with Crippen LogP contribution in [0.15, 0.2) is 4.99 Å². The number of aliphatic imine (C=N–C) groups is 1. The van der Waals surface area contributed by atoms with Crippen LogP contribution in [0.25, 0.3) is 0 Å². The van der Waals surface area contributed by atoms with Crippen LogP contribution in [0.4, 0.5) is 0 Å². The van der Waals surface area contributed by atoms with Crippen LogP contribution in [0.2, 0.25) is 0 Å². The summed E-state index contributed by atoms with van der Waals surface area (Å²) < 4.78 is 5.56. The first kappa shape index (κ1) is 22.9. The highest BCUT2D eigenvalue weighted by Crippen LogP contribution is 2.26. The zero-order chi connectivity index (χ0) is 17.4. The van der Waals surface area contributed by atoms with Crippen molar-refractivity contribution in [2.45, 2.75) is 51.1 Å². The Bertz CT molecular complexity index is 399. The van der Waals surface area contributed by atoms with E-state index >= 15 is 0 Å². The van der Waals surface area contributed by atoms with Gasteiger partial charge in [-0.3, -0.25) is 9.89 Å². The molecule has 0 spiro atoms. The third-order valence-electron chi connectivity index (χ3n) is 5.66. The smallest absolute Gasteiger partial charge is 0.191 e. The molecule has 0 saturated carbocycles. The lowest BCUT2D eigenvalue weighted by atomic mass is 9.89. The van der Waals surface area contributed by atoms with Crippen LogP contribution >= 0.6 is 24.0 Å². The summed E-state index contributed by atoms with van der Waals surface area (Å²) in [6.07, 6.45) is 4.71. The number of nitrogens with zero attached hydrogens (tertiary/aromatic N) is 3. The number of hydrogen-bond donors (Lipinski definition) is 2. The van der Waals surface area contributed by atoms with Crippen molar-refractivity contribution in [2.24, 2.45) is 4.99 Å². The van der Waals surface area contributed by atoms with E-state index in [1.165, 1.54) is 19.4 Å². The molecular formula is C18H38IN5O. The lowest BCUT2D eigenvalue weighted by Crippen LogP contribution is -2.52. The number of guanidine groups is 1. The van der Waals surface area contributed by atoms with Gasteiger partial charge in [0.2, 0.25) is 0 Å². The first-order chi connectivity index (χ1) is 11.6. The normalized spacial score (nSPS) is 24.2. The fourth-order valence-electron chi connectivity index (χ4n) is 3.82. The average molecular weight is 467 g/mol. The first-order valence-corrected chi connectivity index (χ1v) is 9.62. The monoisotopic (exact) mass is 467 g/mol. The summed E-state index contributed by atoms with van der Waals surface area (Å²) in [5, 5.41) is 6.98. The predicted octanol–water partition coefficient (Wildman–Crippen LogP) is 1.75. The van der Waals surface area contributed by atoms with Crippen molar-refractivity contribution in [3.63, 3.8) is 0 Å². The van der Waals surface area contributed by atoms with E-state index in [0.717, 1.165) is 58.2 Å². The van der Waals surface area contributed by atoms with Crippen LogP contribution in [-0.4, -0.2) is 87.4 Å². The van der Waals surface area contributed by atoms with E-state index < -0.39 is 0 Å². The molecule has 2 aliphatic rings. The summed E-state index contributed by atoms with van der Waals surface area (Å²) in [6.45, 7) is 11.1. The molecule has 148 valence electrons. The zero-order valence-corrected chi connectivity index (χ0v) is 18.8. The summed E-state index contributed by atoms with van der Waals surface area (Å²) in [7, 11) is 4.33. The van der Waals surface area contributed by atoms with Gasteiger partial charge in [0.25, 0.3) is 0 Å². The maximum atomic E-state index is 5.56. The van der Waals surface area contributed by atoms with Gasteiger partial charge >= 0.3 is 0 Å². The molecule has 2 fully saturated rings. The van der Waals surface area contributed by atoms with Gasteiger partial charge in [-0.2, -0.15) is 0 Å². The van der Waals surface area contributed by atoms with Crippen molar-refractivity contribution in [1.29, 1.82) is 0 Å². The van der Waals surface area contributed by atoms with Crippen molar-refractivity contribution in [3.05, 3.63) is 0 Å². The van der Waals surface area contributed by atoms with Crippen molar-refractivity contribution < 1.29 is 4.74 Å². The van der Waals surface area contributed by atoms with Gasteiger partial charge in [0, 0.05) is 37.9 Å². The predicted molar refractivity (Wildman–Crippen MR) is 116 cm³/mol. The molecule has 25 heavy (non-hydrogen) atoms. The van der Waals surface area contributed by atoms with E-state index in [4.69, 9.17) is 9.73 Å². The Morgan fingerprint density at radius 2 is 1.96 bits per heavy atom. The fraction of sp³-hybridized carbons (Fsp3) is 0.944. The number of halogens is 1. The zero-order valence-electron chi connectivity index (χ0n) is 16.5. The molecule has 7 heteroatoms. The summed E-state index contributed by atoms with van der Waals surface area (Å²) >= 11 is 0. The Morgan fingerprint density at radius 1 is 1.24 bits per heavy atom. The molecule has 2 N–H and O–H groups in total. The first-order valence-electron chi connectivity index (χ1n) is 9.62. The number of likely N-dealkylation sites (tertiary alicyclic amines) is 1. The standard InChI is InChI=1S/C18H37N5O.HI/c1-5-19-17(20-14-16-8-7-11-23(16)6-2)21-15-18(22(3)4)9-12-24-13-10-18;/h16H,5-15H2,1-4H3,(H2,19,20,21);1H. The molecule has 0 aromatic heterocycles. The summed E-state index contributed by atoms with van der Waals surface area (Å²) in [4.78, 5) is 9.82.